The Kier molecular flexibility index (Phi) is 4.60. The first-order chi connectivity index (χ1) is 7.25. The maximum absolute atomic E-state index is 12.8. The van der Waals surface area contributed by atoms with Crippen LogP contribution < -0.4 is 4.74 Å². The summed E-state index contributed by atoms with van der Waals surface area (Å²) in [7, 11) is 0. The Bertz CT molecular complexity index is 305. The minimum absolute atomic E-state index is 0.226. The molecule has 0 spiro atoms. The SMILES string of the molecule is CC.Cc1ccc(F)cc1OCC1CC1. The molecule has 2 heteroatoms. The van der Waals surface area contributed by atoms with Crippen molar-refractivity contribution in [1.82, 2.24) is 0 Å². The van der Waals surface area contributed by atoms with Crippen LogP contribution >= 0.6 is 0 Å². The van der Waals surface area contributed by atoms with Gasteiger partial charge in [-0.15, -0.1) is 0 Å². The normalized spacial score (nSPS) is 14.1. The van der Waals surface area contributed by atoms with Crippen molar-refractivity contribution in [2.45, 2.75) is 33.6 Å². The quantitative estimate of drug-likeness (QED) is 0.734. The molecule has 84 valence electrons. The van der Waals surface area contributed by atoms with E-state index in [0.29, 0.717) is 11.7 Å². The lowest BCUT2D eigenvalue weighted by Gasteiger charge is -2.07. The summed E-state index contributed by atoms with van der Waals surface area (Å²) in [5.74, 6) is 1.17. The lowest BCUT2D eigenvalue weighted by molar-refractivity contribution is 0.296. The highest BCUT2D eigenvalue weighted by Crippen LogP contribution is 2.30. The molecular formula is C13H19FO. The molecule has 1 aliphatic rings. The van der Waals surface area contributed by atoms with Gasteiger partial charge in [-0.05, 0) is 37.3 Å². The minimum atomic E-state index is -0.226. The first-order valence-electron chi connectivity index (χ1n) is 5.64. The molecule has 1 aliphatic carbocycles. The molecule has 1 saturated carbocycles. The molecule has 0 atom stereocenters. The number of hydrogen-bond acceptors (Lipinski definition) is 1. The summed E-state index contributed by atoms with van der Waals surface area (Å²) in [6.07, 6.45) is 2.52. The molecule has 0 N–H and O–H groups in total. The predicted octanol–water partition coefficient (Wildman–Crippen LogP) is 3.95. The Morgan fingerprint density at radius 2 is 2.00 bits per heavy atom. The fraction of sp³-hybridized carbons (Fsp3) is 0.538. The highest BCUT2D eigenvalue weighted by atomic mass is 19.1. The van der Waals surface area contributed by atoms with Gasteiger partial charge in [0.2, 0.25) is 0 Å². The Hall–Kier alpha value is -1.05. The second-order valence-corrected chi connectivity index (χ2v) is 3.66. The Morgan fingerprint density at radius 3 is 2.60 bits per heavy atom. The minimum Gasteiger partial charge on any atom is -0.493 e. The van der Waals surface area contributed by atoms with Crippen LogP contribution in [0.15, 0.2) is 18.2 Å². The van der Waals surface area contributed by atoms with E-state index in [9.17, 15) is 4.39 Å². The third-order valence-corrected chi connectivity index (χ3v) is 2.32. The first-order valence-corrected chi connectivity index (χ1v) is 5.64. The topological polar surface area (TPSA) is 9.23 Å². The van der Waals surface area contributed by atoms with Crippen molar-refractivity contribution < 1.29 is 9.13 Å². The molecule has 15 heavy (non-hydrogen) atoms. The van der Waals surface area contributed by atoms with Gasteiger partial charge in [0.1, 0.15) is 11.6 Å². The number of ether oxygens (including phenoxy) is 1. The van der Waals surface area contributed by atoms with Gasteiger partial charge >= 0.3 is 0 Å². The fourth-order valence-corrected chi connectivity index (χ4v) is 1.22. The van der Waals surface area contributed by atoms with Crippen molar-refractivity contribution in [1.29, 1.82) is 0 Å². The van der Waals surface area contributed by atoms with Crippen LogP contribution in [0.25, 0.3) is 0 Å². The molecule has 1 aromatic carbocycles. The standard InChI is InChI=1S/C11H13FO.C2H6/c1-8-2-5-10(12)6-11(8)13-7-9-3-4-9;1-2/h2,5-6,9H,3-4,7H2,1H3;1-2H3. The average Bonchev–Trinajstić information content (AvgIpc) is 3.06. The van der Waals surface area contributed by atoms with E-state index in [-0.39, 0.29) is 5.82 Å². The van der Waals surface area contributed by atoms with E-state index in [1.54, 1.807) is 6.07 Å². The van der Waals surface area contributed by atoms with Crippen molar-refractivity contribution in [3.63, 3.8) is 0 Å². The Morgan fingerprint density at radius 1 is 1.33 bits per heavy atom. The van der Waals surface area contributed by atoms with Crippen LogP contribution in [0.4, 0.5) is 4.39 Å². The van der Waals surface area contributed by atoms with E-state index in [0.717, 1.165) is 12.2 Å². The summed E-state index contributed by atoms with van der Waals surface area (Å²) in [6, 6.07) is 4.66. The number of rotatable bonds is 3. The maximum atomic E-state index is 12.8. The first kappa shape index (κ1) is 12.0. The Labute approximate surface area is 91.3 Å². The molecule has 0 aromatic heterocycles. The number of halogens is 1. The molecule has 1 nitrogen and oxygen atoms in total. The summed E-state index contributed by atoms with van der Waals surface area (Å²) in [5, 5.41) is 0. The number of hydrogen-bond donors (Lipinski definition) is 0. The summed E-state index contributed by atoms with van der Waals surface area (Å²) < 4.78 is 18.3. The van der Waals surface area contributed by atoms with Gasteiger partial charge in [0.25, 0.3) is 0 Å². The molecular weight excluding hydrogens is 191 g/mol. The van der Waals surface area contributed by atoms with Crippen molar-refractivity contribution in [3.05, 3.63) is 29.6 Å². The molecule has 0 saturated heterocycles. The van der Waals surface area contributed by atoms with E-state index >= 15 is 0 Å². The summed E-state index contributed by atoms with van der Waals surface area (Å²) >= 11 is 0. The van der Waals surface area contributed by atoms with Crippen molar-refractivity contribution in [3.8, 4) is 5.75 Å². The van der Waals surface area contributed by atoms with Crippen molar-refractivity contribution >= 4 is 0 Å². The molecule has 0 unspecified atom stereocenters. The van der Waals surface area contributed by atoms with Crippen molar-refractivity contribution in [2.24, 2.45) is 5.92 Å². The lowest BCUT2D eigenvalue weighted by Crippen LogP contribution is -2.00. The van der Waals surface area contributed by atoms with Crippen LogP contribution in [0.1, 0.15) is 32.3 Å². The van der Waals surface area contributed by atoms with E-state index in [2.05, 4.69) is 0 Å². The van der Waals surface area contributed by atoms with Gasteiger partial charge in [-0.3, -0.25) is 0 Å². The fourth-order valence-electron chi connectivity index (χ4n) is 1.22. The maximum Gasteiger partial charge on any atom is 0.126 e. The average molecular weight is 210 g/mol. The van der Waals surface area contributed by atoms with Crippen LogP contribution in [0.2, 0.25) is 0 Å². The second-order valence-electron chi connectivity index (χ2n) is 3.66. The second kappa shape index (κ2) is 5.74. The zero-order chi connectivity index (χ0) is 11.3. The van der Waals surface area contributed by atoms with Gasteiger partial charge in [0, 0.05) is 6.07 Å². The largest absolute Gasteiger partial charge is 0.493 e. The van der Waals surface area contributed by atoms with Gasteiger partial charge in [0.05, 0.1) is 6.61 Å². The number of benzene rings is 1. The third kappa shape index (κ3) is 3.90. The van der Waals surface area contributed by atoms with E-state index in [1.807, 2.05) is 20.8 Å². The molecule has 0 aliphatic heterocycles. The zero-order valence-electron chi connectivity index (χ0n) is 9.72. The van der Waals surface area contributed by atoms with Gasteiger partial charge in [-0.25, -0.2) is 4.39 Å². The molecule has 1 aromatic rings. The zero-order valence-corrected chi connectivity index (χ0v) is 9.72. The van der Waals surface area contributed by atoms with E-state index < -0.39 is 0 Å². The molecule has 2 rings (SSSR count). The number of aryl methyl sites for hydroxylation is 1. The molecule has 0 amide bonds. The summed E-state index contributed by atoms with van der Waals surface area (Å²) in [6.45, 7) is 6.67. The summed E-state index contributed by atoms with van der Waals surface area (Å²) in [5.41, 5.74) is 1.00. The van der Waals surface area contributed by atoms with Crippen LogP contribution in [0, 0.1) is 18.7 Å². The van der Waals surface area contributed by atoms with Gasteiger partial charge in [-0.2, -0.15) is 0 Å². The molecule has 0 heterocycles. The van der Waals surface area contributed by atoms with Crippen LogP contribution in [0.3, 0.4) is 0 Å². The molecule has 0 radical (unpaired) electrons. The molecule has 1 fully saturated rings. The van der Waals surface area contributed by atoms with E-state index in [1.165, 1.54) is 25.0 Å². The lowest BCUT2D eigenvalue weighted by atomic mass is 10.2. The monoisotopic (exact) mass is 210 g/mol. The van der Waals surface area contributed by atoms with Crippen LogP contribution in [0.5, 0.6) is 5.75 Å². The highest BCUT2D eigenvalue weighted by Gasteiger charge is 2.22. The Balaban J connectivity index is 0.000000531. The van der Waals surface area contributed by atoms with Gasteiger partial charge < -0.3 is 4.74 Å². The highest BCUT2D eigenvalue weighted by molar-refractivity contribution is 5.32. The summed E-state index contributed by atoms with van der Waals surface area (Å²) in [4.78, 5) is 0. The van der Waals surface area contributed by atoms with E-state index in [4.69, 9.17) is 4.74 Å². The molecule has 0 bridgehead atoms. The third-order valence-electron chi connectivity index (χ3n) is 2.32. The smallest absolute Gasteiger partial charge is 0.126 e. The van der Waals surface area contributed by atoms with Crippen LogP contribution in [-0.2, 0) is 0 Å². The van der Waals surface area contributed by atoms with Gasteiger partial charge in [-0.1, -0.05) is 19.9 Å². The van der Waals surface area contributed by atoms with Crippen LogP contribution in [-0.4, -0.2) is 6.61 Å². The van der Waals surface area contributed by atoms with Gasteiger partial charge in [0.15, 0.2) is 0 Å². The van der Waals surface area contributed by atoms with Crippen molar-refractivity contribution in [2.75, 3.05) is 6.61 Å². The predicted molar refractivity (Wildman–Crippen MR) is 60.7 cm³/mol.